The van der Waals surface area contributed by atoms with Gasteiger partial charge in [-0.1, -0.05) is 37.6 Å². The van der Waals surface area contributed by atoms with E-state index in [1.807, 2.05) is 0 Å². The van der Waals surface area contributed by atoms with Gasteiger partial charge in [0.1, 0.15) is 5.78 Å². The quantitative estimate of drug-likeness (QED) is 0.817. The molecular formula is C17H27NO. The van der Waals surface area contributed by atoms with Crippen molar-refractivity contribution < 1.29 is 4.79 Å². The Balaban J connectivity index is 2.61. The fourth-order valence-electron chi connectivity index (χ4n) is 2.53. The van der Waals surface area contributed by atoms with Gasteiger partial charge in [-0.05, 0) is 49.8 Å². The number of carbonyl (C=O) groups excluding carboxylic acids is 1. The van der Waals surface area contributed by atoms with Gasteiger partial charge in [-0.15, -0.1) is 0 Å². The molecule has 0 fully saturated rings. The largest absolute Gasteiger partial charge is 0.330 e. The van der Waals surface area contributed by atoms with Crippen molar-refractivity contribution in [1.29, 1.82) is 0 Å². The Morgan fingerprint density at radius 2 is 1.95 bits per heavy atom. The molecule has 0 bridgehead atoms. The molecule has 106 valence electrons. The monoisotopic (exact) mass is 261 g/mol. The van der Waals surface area contributed by atoms with Crippen molar-refractivity contribution >= 4 is 5.78 Å². The van der Waals surface area contributed by atoms with E-state index in [2.05, 4.69) is 45.9 Å². The summed E-state index contributed by atoms with van der Waals surface area (Å²) in [5.41, 5.74) is 9.34. The molecule has 0 radical (unpaired) electrons. The molecular weight excluding hydrogens is 234 g/mol. The SMILES string of the molecule is Cc1ccc(C)c(CC(=O)CC(CN)CC(C)C)c1. The van der Waals surface area contributed by atoms with Crippen molar-refractivity contribution in [2.45, 2.75) is 47.0 Å². The maximum Gasteiger partial charge on any atom is 0.137 e. The molecule has 2 heteroatoms. The second-order valence-corrected chi connectivity index (χ2v) is 6.08. The Bertz CT molecular complexity index is 423. The van der Waals surface area contributed by atoms with Crippen LogP contribution in [0.15, 0.2) is 18.2 Å². The summed E-state index contributed by atoms with van der Waals surface area (Å²) < 4.78 is 0. The molecule has 0 heterocycles. The van der Waals surface area contributed by atoms with Crippen molar-refractivity contribution in [3.8, 4) is 0 Å². The smallest absolute Gasteiger partial charge is 0.137 e. The van der Waals surface area contributed by atoms with E-state index in [9.17, 15) is 4.79 Å². The van der Waals surface area contributed by atoms with Crippen LogP contribution in [0.25, 0.3) is 0 Å². The summed E-state index contributed by atoms with van der Waals surface area (Å²) in [7, 11) is 0. The van der Waals surface area contributed by atoms with E-state index in [1.165, 1.54) is 11.1 Å². The first-order valence-electron chi connectivity index (χ1n) is 7.20. The van der Waals surface area contributed by atoms with Crippen LogP contribution in [0.2, 0.25) is 0 Å². The predicted octanol–water partition coefficient (Wildman–Crippen LogP) is 3.43. The van der Waals surface area contributed by atoms with Crippen LogP contribution in [0.5, 0.6) is 0 Å². The lowest BCUT2D eigenvalue weighted by molar-refractivity contribution is -0.119. The Labute approximate surface area is 117 Å². The number of Topliss-reactive ketones (excluding diaryl/α,β-unsaturated/α-hetero) is 1. The van der Waals surface area contributed by atoms with E-state index in [0.717, 1.165) is 12.0 Å². The first-order valence-corrected chi connectivity index (χ1v) is 7.20. The lowest BCUT2D eigenvalue weighted by Crippen LogP contribution is -2.21. The van der Waals surface area contributed by atoms with Gasteiger partial charge in [0.15, 0.2) is 0 Å². The maximum atomic E-state index is 12.2. The first-order chi connectivity index (χ1) is 8.92. The van der Waals surface area contributed by atoms with Crippen LogP contribution in [0.3, 0.4) is 0 Å². The van der Waals surface area contributed by atoms with Crippen LogP contribution in [0.1, 0.15) is 43.4 Å². The number of hydrogen-bond acceptors (Lipinski definition) is 2. The summed E-state index contributed by atoms with van der Waals surface area (Å²) in [6.07, 6.45) is 2.19. The molecule has 0 aliphatic heterocycles. The van der Waals surface area contributed by atoms with Crippen LogP contribution in [0, 0.1) is 25.7 Å². The molecule has 19 heavy (non-hydrogen) atoms. The maximum absolute atomic E-state index is 12.2. The van der Waals surface area contributed by atoms with Crippen LogP contribution >= 0.6 is 0 Å². The highest BCUT2D eigenvalue weighted by Gasteiger charge is 2.15. The fourth-order valence-corrected chi connectivity index (χ4v) is 2.53. The van der Waals surface area contributed by atoms with Gasteiger partial charge in [0, 0.05) is 12.8 Å². The third-order valence-corrected chi connectivity index (χ3v) is 3.55. The summed E-state index contributed by atoms with van der Waals surface area (Å²) in [6.45, 7) is 9.10. The molecule has 0 saturated carbocycles. The van der Waals surface area contributed by atoms with Gasteiger partial charge in [-0.25, -0.2) is 0 Å². The molecule has 1 aromatic carbocycles. The second kappa shape index (κ2) is 7.44. The van der Waals surface area contributed by atoms with Crippen molar-refractivity contribution in [3.05, 3.63) is 34.9 Å². The zero-order valence-corrected chi connectivity index (χ0v) is 12.7. The van der Waals surface area contributed by atoms with Crippen molar-refractivity contribution in [2.24, 2.45) is 17.6 Å². The van der Waals surface area contributed by atoms with Gasteiger partial charge < -0.3 is 5.73 Å². The zero-order chi connectivity index (χ0) is 14.4. The standard InChI is InChI=1S/C17H27NO/c1-12(2)7-15(11-18)9-17(19)10-16-8-13(3)5-6-14(16)4/h5-6,8,12,15H,7,9-11,18H2,1-4H3. The highest BCUT2D eigenvalue weighted by Crippen LogP contribution is 2.17. The van der Waals surface area contributed by atoms with Crippen molar-refractivity contribution in [3.63, 3.8) is 0 Å². The molecule has 1 rings (SSSR count). The third kappa shape index (κ3) is 5.56. The van der Waals surface area contributed by atoms with E-state index in [-0.39, 0.29) is 0 Å². The van der Waals surface area contributed by atoms with Gasteiger partial charge in [-0.3, -0.25) is 4.79 Å². The number of benzene rings is 1. The molecule has 0 aliphatic rings. The molecule has 1 aromatic rings. The lowest BCUT2D eigenvalue weighted by atomic mass is 9.90. The van der Waals surface area contributed by atoms with Crippen molar-refractivity contribution in [1.82, 2.24) is 0 Å². The van der Waals surface area contributed by atoms with Gasteiger partial charge >= 0.3 is 0 Å². The van der Waals surface area contributed by atoms with E-state index >= 15 is 0 Å². The van der Waals surface area contributed by atoms with E-state index < -0.39 is 0 Å². The van der Waals surface area contributed by atoms with E-state index in [0.29, 0.717) is 37.0 Å². The number of rotatable bonds is 7. The number of aryl methyl sites for hydroxylation is 2. The van der Waals surface area contributed by atoms with Gasteiger partial charge in [0.05, 0.1) is 0 Å². The molecule has 0 saturated heterocycles. The van der Waals surface area contributed by atoms with E-state index in [1.54, 1.807) is 0 Å². The predicted molar refractivity (Wildman–Crippen MR) is 81.2 cm³/mol. The van der Waals surface area contributed by atoms with Gasteiger partial charge in [0.2, 0.25) is 0 Å². The molecule has 0 amide bonds. The fraction of sp³-hybridized carbons (Fsp3) is 0.588. The van der Waals surface area contributed by atoms with Crippen LogP contribution in [-0.2, 0) is 11.2 Å². The van der Waals surface area contributed by atoms with E-state index in [4.69, 9.17) is 5.73 Å². The molecule has 2 nitrogen and oxygen atoms in total. The summed E-state index contributed by atoms with van der Waals surface area (Å²) >= 11 is 0. The van der Waals surface area contributed by atoms with Crippen LogP contribution in [0.4, 0.5) is 0 Å². The highest BCUT2D eigenvalue weighted by molar-refractivity contribution is 5.81. The molecule has 0 aromatic heterocycles. The zero-order valence-electron chi connectivity index (χ0n) is 12.7. The van der Waals surface area contributed by atoms with Gasteiger partial charge in [0.25, 0.3) is 0 Å². The summed E-state index contributed by atoms with van der Waals surface area (Å²) in [4.78, 5) is 12.2. The topological polar surface area (TPSA) is 43.1 Å². The molecule has 0 spiro atoms. The normalized spacial score (nSPS) is 12.7. The molecule has 0 aliphatic carbocycles. The Morgan fingerprint density at radius 3 is 2.53 bits per heavy atom. The second-order valence-electron chi connectivity index (χ2n) is 6.08. The summed E-state index contributed by atoms with van der Waals surface area (Å²) in [6, 6.07) is 6.30. The third-order valence-electron chi connectivity index (χ3n) is 3.55. The number of carbonyl (C=O) groups is 1. The number of ketones is 1. The van der Waals surface area contributed by atoms with Crippen LogP contribution in [-0.4, -0.2) is 12.3 Å². The Hall–Kier alpha value is -1.15. The van der Waals surface area contributed by atoms with Crippen molar-refractivity contribution in [2.75, 3.05) is 6.54 Å². The van der Waals surface area contributed by atoms with Gasteiger partial charge in [-0.2, -0.15) is 0 Å². The Morgan fingerprint density at radius 1 is 1.26 bits per heavy atom. The Kier molecular flexibility index (Phi) is 6.23. The number of nitrogens with two attached hydrogens (primary N) is 1. The van der Waals surface area contributed by atoms with Crippen LogP contribution < -0.4 is 5.73 Å². The minimum atomic E-state index is 0.310. The minimum absolute atomic E-state index is 0.310. The molecule has 1 atom stereocenters. The average molecular weight is 261 g/mol. The first kappa shape index (κ1) is 15.9. The summed E-state index contributed by atoms with van der Waals surface area (Å²) in [5.74, 6) is 1.24. The average Bonchev–Trinajstić information content (AvgIpc) is 2.32. The lowest BCUT2D eigenvalue weighted by Gasteiger charge is -2.16. The summed E-state index contributed by atoms with van der Waals surface area (Å²) in [5, 5.41) is 0. The highest BCUT2D eigenvalue weighted by atomic mass is 16.1. The number of hydrogen-bond donors (Lipinski definition) is 1. The molecule has 1 unspecified atom stereocenters. The molecule has 2 N–H and O–H groups in total. The minimum Gasteiger partial charge on any atom is -0.330 e.